The lowest BCUT2D eigenvalue weighted by Gasteiger charge is -2.29. The minimum Gasteiger partial charge on any atom is -0.482 e. The van der Waals surface area contributed by atoms with Gasteiger partial charge in [0.25, 0.3) is 5.91 Å². The van der Waals surface area contributed by atoms with Crippen molar-refractivity contribution in [2.24, 2.45) is 0 Å². The van der Waals surface area contributed by atoms with Gasteiger partial charge in [-0.25, -0.2) is 4.98 Å². The number of nitrogens with one attached hydrogen (secondary N) is 1. The van der Waals surface area contributed by atoms with Crippen molar-refractivity contribution in [3.05, 3.63) is 93.8 Å². The van der Waals surface area contributed by atoms with Crippen LogP contribution in [0.5, 0.6) is 5.75 Å². The van der Waals surface area contributed by atoms with E-state index in [9.17, 15) is 14.4 Å². The van der Waals surface area contributed by atoms with Crippen LogP contribution in [0.3, 0.4) is 0 Å². The van der Waals surface area contributed by atoms with Crippen LogP contribution in [0.1, 0.15) is 15.9 Å². The summed E-state index contributed by atoms with van der Waals surface area (Å²) in [7, 11) is 0. The molecule has 0 spiro atoms. The molecule has 0 fully saturated rings. The molecule has 1 aliphatic heterocycles. The van der Waals surface area contributed by atoms with E-state index in [1.54, 1.807) is 54.0 Å². The van der Waals surface area contributed by atoms with Gasteiger partial charge in [-0.3, -0.25) is 19.3 Å². The number of anilines is 2. The number of hydrogen-bond acceptors (Lipinski definition) is 6. The van der Waals surface area contributed by atoms with Gasteiger partial charge in [-0.15, -0.1) is 11.3 Å². The molecule has 174 valence electrons. The molecule has 2 heterocycles. The Morgan fingerprint density at radius 2 is 1.91 bits per heavy atom. The van der Waals surface area contributed by atoms with Crippen molar-refractivity contribution < 1.29 is 19.1 Å². The molecule has 0 unspecified atom stereocenters. The summed E-state index contributed by atoms with van der Waals surface area (Å²) in [6.07, 6.45) is 0. The Morgan fingerprint density at radius 1 is 1.09 bits per heavy atom. The van der Waals surface area contributed by atoms with Gasteiger partial charge in [-0.2, -0.15) is 0 Å². The van der Waals surface area contributed by atoms with Crippen LogP contribution in [0.4, 0.5) is 11.4 Å². The van der Waals surface area contributed by atoms with Crippen LogP contribution in [0.25, 0.3) is 11.3 Å². The van der Waals surface area contributed by atoms with E-state index in [-0.39, 0.29) is 30.4 Å². The van der Waals surface area contributed by atoms with Crippen molar-refractivity contribution in [3.63, 3.8) is 0 Å². The number of nitrogens with zero attached hydrogens (tertiary/aromatic N) is 2. The monoisotopic (exact) mass is 503 g/mol. The van der Waals surface area contributed by atoms with Crippen LogP contribution >= 0.6 is 22.9 Å². The van der Waals surface area contributed by atoms with Crippen LogP contribution in [-0.4, -0.2) is 35.7 Å². The molecule has 1 aliphatic rings. The summed E-state index contributed by atoms with van der Waals surface area (Å²) in [4.78, 5) is 44.5. The standard InChI is InChI=1S/C26H18ClN3O4S/c27-18-7-8-20(19(11-18)26(33)16-4-2-1-3-5-16)29-24(31)12-30-22-10-17(21-14-35-15-28-21)6-9-23(22)34-13-25(30)32/h1-11,14-15H,12-13H2,(H,29,31). The molecular formula is C26H18ClN3O4S. The molecule has 0 saturated carbocycles. The summed E-state index contributed by atoms with van der Waals surface area (Å²) < 4.78 is 5.55. The predicted octanol–water partition coefficient (Wildman–Crippen LogP) is 5.06. The van der Waals surface area contributed by atoms with Crippen molar-refractivity contribution in [2.75, 3.05) is 23.4 Å². The SMILES string of the molecule is O=C(CN1C(=O)COc2ccc(-c3cscn3)cc21)Nc1ccc(Cl)cc1C(=O)c1ccccc1. The molecule has 9 heteroatoms. The summed E-state index contributed by atoms with van der Waals surface area (Å²) in [5, 5.41) is 5.03. The van der Waals surface area contributed by atoms with Gasteiger partial charge in [0.1, 0.15) is 12.3 Å². The van der Waals surface area contributed by atoms with Crippen LogP contribution in [0, 0.1) is 0 Å². The zero-order valence-electron chi connectivity index (χ0n) is 18.2. The van der Waals surface area contributed by atoms with Crippen molar-refractivity contribution >= 4 is 51.9 Å². The number of carbonyl (C=O) groups excluding carboxylic acids is 3. The van der Waals surface area contributed by atoms with Gasteiger partial charge in [-0.05, 0) is 36.4 Å². The largest absolute Gasteiger partial charge is 0.482 e. The first-order valence-corrected chi connectivity index (χ1v) is 12.0. The fraction of sp³-hybridized carbons (Fsp3) is 0.0769. The van der Waals surface area contributed by atoms with Crippen molar-refractivity contribution in [1.29, 1.82) is 0 Å². The summed E-state index contributed by atoms with van der Waals surface area (Å²) in [6, 6.07) is 18.8. The molecule has 1 N–H and O–H groups in total. The average Bonchev–Trinajstić information content (AvgIpc) is 3.42. The maximum Gasteiger partial charge on any atom is 0.265 e. The molecule has 5 rings (SSSR count). The number of fused-ring (bicyclic) bond motifs is 1. The number of halogens is 1. The predicted molar refractivity (Wildman–Crippen MR) is 135 cm³/mol. The Labute approximate surface area is 209 Å². The molecule has 4 aromatic rings. The van der Waals surface area contributed by atoms with Crippen molar-refractivity contribution in [3.8, 4) is 17.0 Å². The average molecular weight is 504 g/mol. The van der Waals surface area contributed by atoms with Gasteiger partial charge in [-0.1, -0.05) is 41.9 Å². The van der Waals surface area contributed by atoms with E-state index in [2.05, 4.69) is 10.3 Å². The fourth-order valence-corrected chi connectivity index (χ4v) is 4.51. The fourth-order valence-electron chi connectivity index (χ4n) is 3.78. The number of amides is 2. The second-order valence-corrected chi connectivity index (χ2v) is 8.91. The molecule has 7 nitrogen and oxygen atoms in total. The number of carbonyl (C=O) groups is 3. The molecule has 2 amide bonds. The highest BCUT2D eigenvalue weighted by Crippen LogP contribution is 2.36. The molecule has 0 atom stereocenters. The highest BCUT2D eigenvalue weighted by molar-refractivity contribution is 7.07. The van der Waals surface area contributed by atoms with E-state index in [0.717, 1.165) is 11.3 Å². The number of thiazole rings is 1. The first-order chi connectivity index (χ1) is 17.0. The van der Waals surface area contributed by atoms with E-state index in [1.807, 2.05) is 17.5 Å². The summed E-state index contributed by atoms with van der Waals surface area (Å²) in [6.45, 7) is -0.424. The third kappa shape index (κ3) is 4.80. The van der Waals surface area contributed by atoms with Gasteiger partial charge in [0, 0.05) is 27.1 Å². The van der Waals surface area contributed by atoms with Crippen LogP contribution in [-0.2, 0) is 9.59 Å². The van der Waals surface area contributed by atoms with Gasteiger partial charge in [0.05, 0.1) is 22.6 Å². The number of hydrogen-bond donors (Lipinski definition) is 1. The smallest absolute Gasteiger partial charge is 0.265 e. The van der Waals surface area contributed by atoms with E-state index >= 15 is 0 Å². The molecule has 0 saturated heterocycles. The van der Waals surface area contributed by atoms with Gasteiger partial charge < -0.3 is 10.1 Å². The lowest BCUT2D eigenvalue weighted by molar-refractivity contribution is -0.123. The highest BCUT2D eigenvalue weighted by atomic mass is 35.5. The minimum atomic E-state index is -0.463. The topological polar surface area (TPSA) is 88.6 Å². The molecule has 0 radical (unpaired) electrons. The maximum atomic E-state index is 13.1. The van der Waals surface area contributed by atoms with Crippen LogP contribution in [0.15, 0.2) is 77.6 Å². The Bertz CT molecular complexity index is 1420. The minimum absolute atomic E-state index is 0.172. The number of benzene rings is 3. The normalized spacial score (nSPS) is 12.6. The zero-order valence-corrected chi connectivity index (χ0v) is 19.8. The van der Waals surface area contributed by atoms with Crippen LogP contribution < -0.4 is 15.0 Å². The summed E-state index contributed by atoms with van der Waals surface area (Å²) in [5.74, 6) is -0.582. The maximum absolute atomic E-state index is 13.1. The third-order valence-corrected chi connectivity index (χ3v) is 6.29. The number of rotatable bonds is 6. The van der Waals surface area contributed by atoms with Gasteiger partial charge in [0.15, 0.2) is 12.4 Å². The second kappa shape index (κ2) is 9.69. The highest BCUT2D eigenvalue weighted by Gasteiger charge is 2.28. The number of ketones is 1. The Kier molecular flexibility index (Phi) is 6.31. The molecule has 1 aromatic heterocycles. The number of ether oxygens (including phenoxy) is 1. The Hall–Kier alpha value is -4.01. The van der Waals surface area contributed by atoms with E-state index < -0.39 is 5.91 Å². The lowest BCUT2D eigenvalue weighted by Crippen LogP contribution is -2.43. The van der Waals surface area contributed by atoms with E-state index in [0.29, 0.717) is 27.7 Å². The molecule has 3 aromatic carbocycles. The molecular weight excluding hydrogens is 486 g/mol. The van der Waals surface area contributed by atoms with Crippen LogP contribution in [0.2, 0.25) is 5.02 Å². The second-order valence-electron chi connectivity index (χ2n) is 7.76. The Morgan fingerprint density at radius 3 is 2.69 bits per heavy atom. The quantitative estimate of drug-likeness (QED) is 0.372. The first-order valence-electron chi connectivity index (χ1n) is 10.6. The van der Waals surface area contributed by atoms with Gasteiger partial charge >= 0.3 is 0 Å². The number of aromatic nitrogens is 1. The Balaban J connectivity index is 1.40. The van der Waals surface area contributed by atoms with Crippen molar-refractivity contribution in [2.45, 2.75) is 0 Å². The van der Waals surface area contributed by atoms with E-state index in [4.69, 9.17) is 16.3 Å². The van der Waals surface area contributed by atoms with Crippen molar-refractivity contribution in [1.82, 2.24) is 4.98 Å². The molecule has 35 heavy (non-hydrogen) atoms. The summed E-state index contributed by atoms with van der Waals surface area (Å²) >= 11 is 7.60. The zero-order chi connectivity index (χ0) is 24.4. The lowest BCUT2D eigenvalue weighted by atomic mass is 10.0. The molecule has 0 bridgehead atoms. The van der Waals surface area contributed by atoms with E-state index in [1.165, 1.54) is 22.3 Å². The molecule has 0 aliphatic carbocycles. The summed E-state index contributed by atoms with van der Waals surface area (Å²) in [5.41, 5.74) is 4.83. The third-order valence-electron chi connectivity index (χ3n) is 5.47. The first kappa shape index (κ1) is 22.8. The van der Waals surface area contributed by atoms with Gasteiger partial charge in [0.2, 0.25) is 5.91 Å².